The Bertz CT molecular complexity index is 700. The number of nitrogens with one attached hydrogen (secondary N) is 2. The van der Waals surface area contributed by atoms with Crippen LogP contribution >= 0.6 is 0 Å². The van der Waals surface area contributed by atoms with Crippen molar-refractivity contribution in [2.75, 3.05) is 0 Å². The molecule has 2 heterocycles. The Hall–Kier alpha value is -2.56. The molecule has 0 radical (unpaired) electrons. The van der Waals surface area contributed by atoms with E-state index in [9.17, 15) is 4.79 Å². The number of fused-ring (bicyclic) bond motifs is 1. The zero-order valence-corrected chi connectivity index (χ0v) is 10.4. The molecule has 1 atom stereocenters. The summed E-state index contributed by atoms with van der Waals surface area (Å²) in [4.78, 5) is 12.2. The molecule has 96 valence electrons. The first kappa shape index (κ1) is 11.5. The van der Waals surface area contributed by atoms with Crippen LogP contribution in [0.25, 0.3) is 10.9 Å². The lowest BCUT2D eigenvalue weighted by Crippen LogP contribution is -2.26. The van der Waals surface area contributed by atoms with Gasteiger partial charge in [0.1, 0.15) is 5.76 Å². The van der Waals surface area contributed by atoms with E-state index in [2.05, 4.69) is 15.5 Å². The first-order valence-corrected chi connectivity index (χ1v) is 6.03. The second-order valence-corrected chi connectivity index (χ2v) is 4.33. The van der Waals surface area contributed by atoms with Crippen molar-refractivity contribution in [1.82, 2.24) is 15.5 Å². The van der Waals surface area contributed by atoms with Gasteiger partial charge in [0.05, 0.1) is 17.8 Å². The zero-order chi connectivity index (χ0) is 13.2. The maximum absolute atomic E-state index is 12.2. The number of para-hydroxylation sites is 1. The van der Waals surface area contributed by atoms with Crippen LogP contribution in [0.5, 0.6) is 0 Å². The lowest BCUT2D eigenvalue weighted by molar-refractivity contribution is 0.0932. The lowest BCUT2D eigenvalue weighted by atomic mass is 10.2. The average molecular weight is 255 g/mol. The van der Waals surface area contributed by atoms with Gasteiger partial charge in [0, 0.05) is 5.39 Å². The summed E-state index contributed by atoms with van der Waals surface area (Å²) in [5.74, 6) is 0.495. The van der Waals surface area contributed by atoms with E-state index in [4.69, 9.17) is 4.42 Å². The summed E-state index contributed by atoms with van der Waals surface area (Å²) in [5.41, 5.74) is 1.24. The number of aromatic nitrogens is 2. The molecule has 1 unspecified atom stereocenters. The van der Waals surface area contributed by atoms with Gasteiger partial charge in [-0.3, -0.25) is 9.89 Å². The number of carbonyl (C=O) groups is 1. The zero-order valence-electron chi connectivity index (χ0n) is 10.4. The second kappa shape index (κ2) is 4.61. The Morgan fingerprint density at radius 3 is 2.95 bits per heavy atom. The minimum absolute atomic E-state index is 0.196. The van der Waals surface area contributed by atoms with Gasteiger partial charge in [-0.2, -0.15) is 5.10 Å². The van der Waals surface area contributed by atoms with Crippen LogP contribution < -0.4 is 5.32 Å². The quantitative estimate of drug-likeness (QED) is 0.755. The van der Waals surface area contributed by atoms with Crippen LogP contribution in [0.3, 0.4) is 0 Å². The van der Waals surface area contributed by atoms with Gasteiger partial charge in [0.15, 0.2) is 5.69 Å². The maximum atomic E-state index is 12.2. The van der Waals surface area contributed by atoms with Crippen molar-refractivity contribution in [1.29, 1.82) is 0 Å². The molecule has 1 aromatic carbocycles. The number of benzene rings is 1. The summed E-state index contributed by atoms with van der Waals surface area (Å²) >= 11 is 0. The van der Waals surface area contributed by atoms with Crippen LogP contribution in [-0.2, 0) is 0 Å². The van der Waals surface area contributed by atoms with Crippen LogP contribution in [0.4, 0.5) is 0 Å². The third-order valence-corrected chi connectivity index (χ3v) is 3.00. The molecule has 5 heteroatoms. The highest BCUT2D eigenvalue weighted by Crippen LogP contribution is 2.17. The lowest BCUT2D eigenvalue weighted by Gasteiger charge is -2.10. The Balaban J connectivity index is 1.84. The van der Waals surface area contributed by atoms with E-state index in [1.807, 2.05) is 37.3 Å². The molecule has 5 nitrogen and oxygen atoms in total. The van der Waals surface area contributed by atoms with Gasteiger partial charge >= 0.3 is 0 Å². The highest BCUT2D eigenvalue weighted by atomic mass is 16.3. The molecule has 0 bridgehead atoms. The molecular weight excluding hydrogens is 242 g/mol. The number of H-pyrrole nitrogens is 1. The number of carbonyl (C=O) groups excluding carboxylic acids is 1. The first-order valence-electron chi connectivity index (χ1n) is 6.03. The van der Waals surface area contributed by atoms with Gasteiger partial charge in [-0.25, -0.2) is 0 Å². The smallest absolute Gasteiger partial charge is 0.273 e. The van der Waals surface area contributed by atoms with E-state index in [0.29, 0.717) is 11.5 Å². The predicted octanol–water partition coefficient (Wildman–Crippen LogP) is 2.65. The van der Waals surface area contributed by atoms with Crippen molar-refractivity contribution >= 4 is 16.8 Å². The van der Waals surface area contributed by atoms with Crippen molar-refractivity contribution in [3.05, 3.63) is 54.1 Å². The molecular formula is C14H13N3O2. The molecule has 2 N–H and O–H groups in total. The highest BCUT2D eigenvalue weighted by molar-refractivity contribution is 6.04. The molecule has 0 fully saturated rings. The molecule has 2 aromatic heterocycles. The minimum atomic E-state index is -0.221. The number of nitrogens with zero attached hydrogens (tertiary/aromatic N) is 1. The molecule has 3 rings (SSSR count). The predicted molar refractivity (Wildman–Crippen MR) is 70.7 cm³/mol. The summed E-state index contributed by atoms with van der Waals surface area (Å²) < 4.78 is 5.26. The van der Waals surface area contributed by atoms with E-state index >= 15 is 0 Å². The monoisotopic (exact) mass is 255 g/mol. The van der Waals surface area contributed by atoms with Gasteiger partial charge in [-0.05, 0) is 25.1 Å². The Kier molecular flexibility index (Phi) is 2.79. The second-order valence-electron chi connectivity index (χ2n) is 4.33. The molecule has 0 aliphatic rings. The molecule has 19 heavy (non-hydrogen) atoms. The third kappa shape index (κ3) is 2.10. The molecule has 0 aliphatic heterocycles. The van der Waals surface area contributed by atoms with Crippen molar-refractivity contribution in [2.45, 2.75) is 13.0 Å². The normalized spacial score (nSPS) is 12.5. The fourth-order valence-electron chi connectivity index (χ4n) is 2.01. The highest BCUT2D eigenvalue weighted by Gasteiger charge is 2.17. The number of rotatable bonds is 3. The third-order valence-electron chi connectivity index (χ3n) is 3.00. The van der Waals surface area contributed by atoms with Crippen LogP contribution in [0.2, 0.25) is 0 Å². The summed E-state index contributed by atoms with van der Waals surface area (Å²) in [6, 6.07) is 11.0. The molecule has 0 aliphatic carbocycles. The molecule has 0 spiro atoms. The van der Waals surface area contributed by atoms with Crippen molar-refractivity contribution in [3.63, 3.8) is 0 Å². The van der Waals surface area contributed by atoms with E-state index in [0.717, 1.165) is 10.9 Å². The Morgan fingerprint density at radius 2 is 2.16 bits per heavy atom. The van der Waals surface area contributed by atoms with E-state index < -0.39 is 0 Å². The number of hydrogen-bond acceptors (Lipinski definition) is 3. The summed E-state index contributed by atoms with van der Waals surface area (Å²) in [7, 11) is 0. The maximum Gasteiger partial charge on any atom is 0.273 e. The fraction of sp³-hybridized carbons (Fsp3) is 0.143. The van der Waals surface area contributed by atoms with E-state index in [1.54, 1.807) is 12.3 Å². The van der Waals surface area contributed by atoms with Gasteiger partial charge < -0.3 is 9.73 Å². The largest absolute Gasteiger partial charge is 0.467 e. The summed E-state index contributed by atoms with van der Waals surface area (Å²) in [6.45, 7) is 1.87. The molecule has 1 amide bonds. The Labute approximate surface area is 109 Å². The van der Waals surface area contributed by atoms with Crippen LogP contribution in [0, 0.1) is 0 Å². The van der Waals surface area contributed by atoms with Gasteiger partial charge in [-0.15, -0.1) is 0 Å². The van der Waals surface area contributed by atoms with E-state index in [1.165, 1.54) is 0 Å². The average Bonchev–Trinajstić information content (AvgIpc) is 3.08. The SMILES string of the molecule is CC(NC(=O)c1n[nH]c2ccccc12)c1ccco1. The van der Waals surface area contributed by atoms with Gasteiger partial charge in [0.2, 0.25) is 0 Å². The van der Waals surface area contributed by atoms with Gasteiger partial charge in [0.25, 0.3) is 5.91 Å². The number of hydrogen-bond donors (Lipinski definition) is 2. The number of aromatic amines is 1. The summed E-state index contributed by atoms with van der Waals surface area (Å²) in [5, 5.41) is 10.6. The topological polar surface area (TPSA) is 70.9 Å². The summed E-state index contributed by atoms with van der Waals surface area (Å²) in [6.07, 6.45) is 1.59. The van der Waals surface area contributed by atoms with Crippen LogP contribution in [0.1, 0.15) is 29.2 Å². The van der Waals surface area contributed by atoms with Crippen molar-refractivity contribution < 1.29 is 9.21 Å². The van der Waals surface area contributed by atoms with Crippen LogP contribution in [0.15, 0.2) is 47.1 Å². The number of furan rings is 1. The fourth-order valence-corrected chi connectivity index (χ4v) is 2.01. The minimum Gasteiger partial charge on any atom is -0.467 e. The standard InChI is InChI=1S/C14H13N3O2/c1-9(12-7-4-8-19-12)15-14(18)13-10-5-2-3-6-11(10)16-17-13/h2-9H,1H3,(H,15,18)(H,16,17). The molecule has 3 aromatic rings. The van der Waals surface area contributed by atoms with Crippen molar-refractivity contribution in [2.24, 2.45) is 0 Å². The molecule has 0 saturated heterocycles. The van der Waals surface area contributed by atoms with Crippen LogP contribution in [-0.4, -0.2) is 16.1 Å². The Morgan fingerprint density at radius 1 is 1.32 bits per heavy atom. The van der Waals surface area contributed by atoms with Crippen molar-refractivity contribution in [3.8, 4) is 0 Å². The first-order chi connectivity index (χ1) is 9.25. The van der Waals surface area contributed by atoms with E-state index in [-0.39, 0.29) is 11.9 Å². The van der Waals surface area contributed by atoms with Gasteiger partial charge in [-0.1, -0.05) is 18.2 Å². The molecule has 0 saturated carbocycles. The number of amides is 1.